The van der Waals surface area contributed by atoms with Gasteiger partial charge in [-0.3, -0.25) is 0 Å². The van der Waals surface area contributed by atoms with Crippen LogP contribution >= 0.6 is 24.0 Å². The van der Waals surface area contributed by atoms with Crippen molar-refractivity contribution in [3.05, 3.63) is 0 Å². The normalized spacial score (nSPS) is 17.1. The summed E-state index contributed by atoms with van der Waals surface area (Å²) in [5.74, 6) is 0. The van der Waals surface area contributed by atoms with Crippen molar-refractivity contribution < 1.29 is 0 Å². The second-order valence-corrected chi connectivity index (χ2v) is 1.28. The highest BCUT2D eigenvalue weighted by molar-refractivity contribution is 14.0. The van der Waals surface area contributed by atoms with Crippen LogP contribution in [0.1, 0.15) is 0 Å². The van der Waals surface area contributed by atoms with E-state index in [1.807, 2.05) is 0 Å². The van der Waals surface area contributed by atoms with E-state index in [4.69, 9.17) is 0 Å². The molecule has 7 heavy (non-hydrogen) atoms. The molecule has 0 amide bonds. The molecular weight excluding hydrogens is 201 g/mol. The average molecular weight is 208 g/mol. The van der Waals surface area contributed by atoms with Crippen LogP contribution in [0.2, 0.25) is 0 Å². The number of hydrogen-bond acceptors (Lipinski definition) is 3. The number of hydrogen-bond donors (Lipinski definition) is 3. The van der Waals surface area contributed by atoms with Crippen molar-refractivity contribution in [3.63, 3.8) is 0 Å². The van der Waals surface area contributed by atoms with Crippen molar-refractivity contribution in [1.82, 2.24) is 15.4 Å². The van der Waals surface area contributed by atoms with E-state index < -0.39 is 0 Å². The SMILES string of the molecule is B1NBNBN1.I. The maximum absolute atomic E-state index is 3.06. The fourth-order valence-corrected chi connectivity index (χ4v) is 0.453. The van der Waals surface area contributed by atoms with Crippen LogP contribution in [0.4, 0.5) is 0 Å². The Bertz CT molecular complexity index is 25.7. The van der Waals surface area contributed by atoms with Gasteiger partial charge in [0.25, 0.3) is 22.6 Å². The van der Waals surface area contributed by atoms with Crippen LogP contribution < -0.4 is 15.4 Å². The van der Waals surface area contributed by atoms with Crippen molar-refractivity contribution >= 4 is 46.6 Å². The second kappa shape index (κ2) is 4.95. The third-order valence-electron chi connectivity index (χ3n) is 0.750. The van der Waals surface area contributed by atoms with Crippen LogP contribution in [0.3, 0.4) is 0 Å². The molecule has 1 rings (SSSR count). The zero-order valence-corrected chi connectivity index (χ0v) is 6.36. The van der Waals surface area contributed by atoms with Crippen LogP contribution in [0.25, 0.3) is 0 Å². The first-order valence-electron chi connectivity index (χ1n) is 2.12. The Kier molecular flexibility index (Phi) is 5.52. The molecule has 1 aliphatic rings. The van der Waals surface area contributed by atoms with Crippen LogP contribution in [-0.2, 0) is 0 Å². The third-order valence-corrected chi connectivity index (χ3v) is 0.750. The first-order valence-corrected chi connectivity index (χ1v) is 2.12. The smallest absolute Gasteiger partial charge is 0.265 e. The van der Waals surface area contributed by atoms with Gasteiger partial charge in [-0.25, -0.2) is 0 Å². The minimum Gasteiger partial charge on any atom is -0.378 e. The van der Waals surface area contributed by atoms with Gasteiger partial charge < -0.3 is 15.4 Å². The zero-order valence-electron chi connectivity index (χ0n) is 4.03. The molecule has 7 heteroatoms. The summed E-state index contributed by atoms with van der Waals surface area (Å²) in [6, 6.07) is 0. The van der Waals surface area contributed by atoms with Crippen LogP contribution in [-0.4, -0.2) is 22.6 Å². The standard InChI is InChI=1S/B3H6N3.HI/c1-4-2-6-3-5-1;/h1-6H;1H. The Labute approximate surface area is 62.3 Å². The summed E-state index contributed by atoms with van der Waals surface area (Å²) in [6.07, 6.45) is 0. The Morgan fingerprint density at radius 1 is 0.714 bits per heavy atom. The molecule has 38 valence electrons. The van der Waals surface area contributed by atoms with Gasteiger partial charge in [0.1, 0.15) is 0 Å². The molecule has 1 saturated heterocycles. The zero-order chi connectivity index (χ0) is 4.24. The van der Waals surface area contributed by atoms with Gasteiger partial charge in [-0.2, -0.15) is 0 Å². The van der Waals surface area contributed by atoms with Gasteiger partial charge in [0.2, 0.25) is 0 Å². The number of nitrogens with one attached hydrogen (secondary N) is 3. The molecule has 0 saturated carbocycles. The van der Waals surface area contributed by atoms with E-state index in [9.17, 15) is 0 Å². The minimum absolute atomic E-state index is 0. The molecule has 1 heterocycles. The topological polar surface area (TPSA) is 36.1 Å². The van der Waals surface area contributed by atoms with Gasteiger partial charge in [0.05, 0.1) is 0 Å². The van der Waals surface area contributed by atoms with Gasteiger partial charge in [0, 0.05) is 0 Å². The summed E-state index contributed by atoms with van der Waals surface area (Å²) in [5.41, 5.74) is 0. The molecule has 0 unspecified atom stereocenters. The fraction of sp³-hybridized carbons (Fsp3) is 0. The largest absolute Gasteiger partial charge is 0.378 e. The van der Waals surface area contributed by atoms with E-state index in [0.29, 0.717) is 0 Å². The molecule has 0 bridgehead atoms. The molecule has 3 N–H and O–H groups in total. The highest BCUT2D eigenvalue weighted by atomic mass is 127. The summed E-state index contributed by atoms with van der Waals surface area (Å²) >= 11 is 0. The summed E-state index contributed by atoms with van der Waals surface area (Å²) in [7, 11) is 2.81. The lowest BCUT2D eigenvalue weighted by atomic mass is 9.85. The van der Waals surface area contributed by atoms with Crippen LogP contribution in [0.15, 0.2) is 0 Å². The predicted octanol–water partition coefficient (Wildman–Crippen LogP) is -2.81. The van der Waals surface area contributed by atoms with Crippen LogP contribution in [0, 0.1) is 0 Å². The Morgan fingerprint density at radius 3 is 1.14 bits per heavy atom. The molecule has 0 atom stereocenters. The summed E-state index contributed by atoms with van der Waals surface area (Å²) in [5, 5.41) is 9.19. The van der Waals surface area contributed by atoms with Gasteiger partial charge in [-0.15, -0.1) is 24.0 Å². The van der Waals surface area contributed by atoms with Gasteiger partial charge in [0.15, 0.2) is 0 Å². The predicted molar refractivity (Wildman–Crippen MR) is 46.3 cm³/mol. The number of rotatable bonds is 0. The van der Waals surface area contributed by atoms with Crippen molar-refractivity contribution in [3.8, 4) is 0 Å². The lowest BCUT2D eigenvalue weighted by Crippen LogP contribution is -2.55. The Balaban J connectivity index is 0.000000360. The second-order valence-electron chi connectivity index (χ2n) is 1.28. The van der Waals surface area contributed by atoms with Gasteiger partial charge >= 0.3 is 0 Å². The maximum atomic E-state index is 3.06. The lowest BCUT2D eigenvalue weighted by Gasteiger charge is -2.08. The molecule has 0 spiro atoms. The summed E-state index contributed by atoms with van der Waals surface area (Å²) in [6.45, 7) is 0. The van der Waals surface area contributed by atoms with Crippen molar-refractivity contribution in [2.45, 2.75) is 0 Å². The third kappa shape index (κ3) is 3.39. The van der Waals surface area contributed by atoms with Crippen LogP contribution in [0.5, 0.6) is 0 Å². The fourth-order valence-electron chi connectivity index (χ4n) is 0.453. The molecule has 0 radical (unpaired) electrons. The lowest BCUT2D eigenvalue weighted by molar-refractivity contribution is 1.28. The van der Waals surface area contributed by atoms with Crippen molar-refractivity contribution in [2.75, 3.05) is 0 Å². The maximum Gasteiger partial charge on any atom is 0.265 e. The Hall–Kier alpha value is 0.805. The molecule has 0 aromatic heterocycles. The first kappa shape index (κ1) is 7.80. The molecule has 1 aliphatic heterocycles. The summed E-state index contributed by atoms with van der Waals surface area (Å²) < 4.78 is 0. The first-order chi connectivity index (χ1) is 3.00. The van der Waals surface area contributed by atoms with E-state index in [1.165, 1.54) is 0 Å². The van der Waals surface area contributed by atoms with E-state index >= 15 is 0 Å². The number of halogens is 1. The molecule has 0 aromatic carbocycles. The Morgan fingerprint density at radius 2 is 1.00 bits per heavy atom. The van der Waals surface area contributed by atoms with Crippen molar-refractivity contribution in [1.29, 1.82) is 0 Å². The van der Waals surface area contributed by atoms with E-state index in [-0.39, 0.29) is 24.0 Å². The minimum atomic E-state index is 0. The molecule has 1 fully saturated rings. The van der Waals surface area contributed by atoms with Crippen molar-refractivity contribution in [2.24, 2.45) is 0 Å². The van der Waals surface area contributed by atoms with Gasteiger partial charge in [-0.05, 0) is 0 Å². The molecule has 0 aromatic rings. The monoisotopic (exact) mass is 209 g/mol. The molecule has 3 nitrogen and oxygen atoms in total. The highest BCUT2D eigenvalue weighted by Gasteiger charge is 1.97. The quantitative estimate of drug-likeness (QED) is 0.297. The van der Waals surface area contributed by atoms with E-state index in [1.54, 1.807) is 0 Å². The average Bonchev–Trinajstić information content (AvgIpc) is 1.72. The summed E-state index contributed by atoms with van der Waals surface area (Å²) in [4.78, 5) is 0. The van der Waals surface area contributed by atoms with Gasteiger partial charge in [-0.1, -0.05) is 0 Å². The highest BCUT2D eigenvalue weighted by Crippen LogP contribution is 1.46. The van der Waals surface area contributed by atoms with E-state index in [2.05, 4.69) is 15.4 Å². The van der Waals surface area contributed by atoms with E-state index in [0.717, 1.165) is 22.6 Å². The molecule has 0 aliphatic carbocycles. The molecular formula is H7B3IN3.